The van der Waals surface area contributed by atoms with Crippen LogP contribution in [0.2, 0.25) is 5.02 Å². The molecule has 1 aromatic heterocycles. The minimum Gasteiger partial charge on any atom is -0.299 e. The molecule has 2 nitrogen and oxygen atoms in total. The van der Waals surface area contributed by atoms with Crippen LogP contribution >= 0.6 is 11.6 Å². The zero-order chi connectivity index (χ0) is 14.8. The van der Waals surface area contributed by atoms with Crippen LogP contribution in [0.3, 0.4) is 0 Å². The Hall–Kier alpha value is -1.10. The number of halogens is 4. The summed E-state index contributed by atoms with van der Waals surface area (Å²) in [7, 11) is 0. The van der Waals surface area contributed by atoms with Gasteiger partial charge in [-0.2, -0.15) is 13.2 Å². The second-order valence-corrected chi connectivity index (χ2v) is 5.56. The number of ketones is 1. The van der Waals surface area contributed by atoms with Crippen molar-refractivity contribution in [3.05, 3.63) is 29.0 Å². The number of Topliss-reactive ketones (excluding diaryl/α,β-unsaturated/α-hetero) is 1. The third-order valence-corrected chi connectivity index (χ3v) is 4.16. The van der Waals surface area contributed by atoms with E-state index in [1.807, 2.05) is 0 Å². The molecule has 1 aliphatic carbocycles. The van der Waals surface area contributed by atoms with Gasteiger partial charge in [0.15, 0.2) is 0 Å². The highest BCUT2D eigenvalue weighted by atomic mass is 35.5. The molecule has 2 rings (SSSR count). The Kier molecular flexibility index (Phi) is 4.68. The molecule has 1 aromatic rings. The lowest BCUT2D eigenvalue weighted by Gasteiger charge is -2.32. The fourth-order valence-electron chi connectivity index (χ4n) is 2.77. The van der Waals surface area contributed by atoms with Crippen molar-refractivity contribution >= 4 is 17.4 Å². The van der Waals surface area contributed by atoms with Crippen molar-refractivity contribution in [3.8, 4) is 0 Å². The van der Waals surface area contributed by atoms with E-state index in [2.05, 4.69) is 4.98 Å². The number of hydrogen-bond donors (Lipinski definition) is 0. The van der Waals surface area contributed by atoms with E-state index in [1.165, 1.54) is 12.4 Å². The molecular weight excluding hydrogens is 291 g/mol. The molecule has 6 heteroatoms. The van der Waals surface area contributed by atoms with Crippen LogP contribution in [0.4, 0.5) is 13.2 Å². The third kappa shape index (κ3) is 3.51. The van der Waals surface area contributed by atoms with Crippen molar-refractivity contribution in [2.24, 2.45) is 11.8 Å². The van der Waals surface area contributed by atoms with Gasteiger partial charge in [0.05, 0.1) is 10.9 Å². The number of rotatable bonds is 3. The molecule has 2 unspecified atom stereocenters. The molecule has 1 saturated carbocycles. The number of aromatic nitrogens is 1. The lowest BCUT2D eigenvalue weighted by molar-refractivity contribution is -0.197. The van der Waals surface area contributed by atoms with Crippen LogP contribution in [0.5, 0.6) is 0 Å². The Labute approximate surface area is 120 Å². The summed E-state index contributed by atoms with van der Waals surface area (Å²) >= 11 is 5.90. The SMILES string of the molecule is O=C(Cc1ccncc1Cl)C1CCCCC1C(F)(F)F. The number of hydrogen-bond acceptors (Lipinski definition) is 2. The second kappa shape index (κ2) is 6.12. The highest BCUT2D eigenvalue weighted by Gasteiger charge is 2.47. The monoisotopic (exact) mass is 305 g/mol. The minimum absolute atomic E-state index is 0.0456. The van der Waals surface area contributed by atoms with Crippen LogP contribution in [0.15, 0.2) is 18.5 Å². The Bertz CT molecular complexity index is 490. The molecule has 0 spiro atoms. The molecule has 0 amide bonds. The predicted molar refractivity (Wildman–Crippen MR) is 69.5 cm³/mol. The van der Waals surface area contributed by atoms with Crippen molar-refractivity contribution < 1.29 is 18.0 Å². The molecular formula is C14H15ClF3NO. The molecule has 1 fully saturated rings. The number of nitrogens with zero attached hydrogens (tertiary/aromatic N) is 1. The van der Waals surface area contributed by atoms with Gasteiger partial charge in [0.25, 0.3) is 0 Å². The molecule has 2 atom stereocenters. The number of alkyl halides is 3. The molecule has 0 aromatic carbocycles. The molecule has 110 valence electrons. The Morgan fingerprint density at radius 1 is 1.35 bits per heavy atom. The van der Waals surface area contributed by atoms with Gasteiger partial charge >= 0.3 is 6.18 Å². The maximum Gasteiger partial charge on any atom is 0.392 e. The lowest BCUT2D eigenvalue weighted by Crippen LogP contribution is -2.37. The summed E-state index contributed by atoms with van der Waals surface area (Å²) in [4.78, 5) is 16.0. The molecule has 0 bridgehead atoms. The predicted octanol–water partition coefficient (Wildman–Crippen LogP) is 4.22. The summed E-state index contributed by atoms with van der Waals surface area (Å²) in [6, 6.07) is 1.58. The van der Waals surface area contributed by atoms with Crippen LogP contribution in [0, 0.1) is 11.8 Å². The van der Waals surface area contributed by atoms with Crippen molar-refractivity contribution in [3.63, 3.8) is 0 Å². The van der Waals surface area contributed by atoms with Crippen LogP contribution in [-0.4, -0.2) is 16.9 Å². The molecule has 0 N–H and O–H groups in total. The summed E-state index contributed by atoms with van der Waals surface area (Å²) in [5.74, 6) is -2.82. The molecule has 0 aliphatic heterocycles. The van der Waals surface area contributed by atoms with Gasteiger partial charge in [0.1, 0.15) is 5.78 Å². The zero-order valence-corrected chi connectivity index (χ0v) is 11.5. The van der Waals surface area contributed by atoms with Gasteiger partial charge in [-0.1, -0.05) is 24.4 Å². The van der Waals surface area contributed by atoms with Gasteiger partial charge in [0, 0.05) is 24.7 Å². The quantitative estimate of drug-likeness (QED) is 0.837. The third-order valence-electron chi connectivity index (χ3n) is 3.82. The maximum atomic E-state index is 13.0. The van der Waals surface area contributed by atoms with E-state index in [0.717, 1.165) is 0 Å². The van der Waals surface area contributed by atoms with Crippen LogP contribution in [0.1, 0.15) is 31.2 Å². The molecule has 0 saturated heterocycles. The van der Waals surface area contributed by atoms with Gasteiger partial charge in [0.2, 0.25) is 0 Å². The maximum absolute atomic E-state index is 13.0. The number of pyridine rings is 1. The van der Waals surface area contributed by atoms with Crippen molar-refractivity contribution in [1.29, 1.82) is 0 Å². The standard InChI is InChI=1S/C14H15ClF3NO/c15-12-8-19-6-5-9(12)7-13(20)10-3-1-2-4-11(10)14(16,17)18/h5-6,8,10-11H,1-4,7H2. The Morgan fingerprint density at radius 2 is 2.05 bits per heavy atom. The average molecular weight is 306 g/mol. The van der Waals surface area contributed by atoms with Gasteiger partial charge in [-0.25, -0.2) is 0 Å². The van der Waals surface area contributed by atoms with E-state index in [0.29, 0.717) is 29.8 Å². The first-order valence-electron chi connectivity index (χ1n) is 6.57. The molecule has 1 aliphatic rings. The Balaban J connectivity index is 2.13. The molecule has 0 radical (unpaired) electrons. The van der Waals surface area contributed by atoms with Crippen LogP contribution in [-0.2, 0) is 11.2 Å². The average Bonchev–Trinajstić information content (AvgIpc) is 2.40. The van der Waals surface area contributed by atoms with Crippen molar-refractivity contribution in [1.82, 2.24) is 4.98 Å². The summed E-state index contributed by atoms with van der Waals surface area (Å²) in [5.41, 5.74) is 0.540. The van der Waals surface area contributed by atoms with Crippen LogP contribution in [0.25, 0.3) is 0 Å². The highest BCUT2D eigenvalue weighted by molar-refractivity contribution is 6.31. The zero-order valence-electron chi connectivity index (χ0n) is 10.8. The fraction of sp³-hybridized carbons (Fsp3) is 0.571. The first-order valence-corrected chi connectivity index (χ1v) is 6.95. The molecule has 20 heavy (non-hydrogen) atoms. The minimum atomic E-state index is -4.30. The summed E-state index contributed by atoms with van der Waals surface area (Å²) in [5, 5.41) is 0.320. The normalized spacial score (nSPS) is 23.6. The lowest BCUT2D eigenvalue weighted by atomic mass is 9.75. The smallest absolute Gasteiger partial charge is 0.299 e. The Morgan fingerprint density at radius 3 is 2.70 bits per heavy atom. The molecule has 1 heterocycles. The van der Waals surface area contributed by atoms with Gasteiger partial charge in [-0.15, -0.1) is 0 Å². The van der Waals surface area contributed by atoms with E-state index in [-0.39, 0.29) is 18.6 Å². The fourth-order valence-corrected chi connectivity index (χ4v) is 2.96. The van der Waals surface area contributed by atoms with Crippen molar-refractivity contribution in [2.75, 3.05) is 0 Å². The first kappa shape index (κ1) is 15.3. The van der Waals surface area contributed by atoms with E-state index in [1.54, 1.807) is 6.07 Å². The van der Waals surface area contributed by atoms with E-state index in [4.69, 9.17) is 11.6 Å². The largest absolute Gasteiger partial charge is 0.392 e. The van der Waals surface area contributed by atoms with Crippen LogP contribution < -0.4 is 0 Å². The topological polar surface area (TPSA) is 30.0 Å². The number of carbonyl (C=O) groups is 1. The van der Waals surface area contributed by atoms with Gasteiger partial charge < -0.3 is 0 Å². The van der Waals surface area contributed by atoms with E-state index in [9.17, 15) is 18.0 Å². The second-order valence-electron chi connectivity index (χ2n) is 5.15. The number of carbonyl (C=O) groups excluding carboxylic acids is 1. The highest BCUT2D eigenvalue weighted by Crippen LogP contribution is 2.42. The summed E-state index contributed by atoms with van der Waals surface area (Å²) in [6.45, 7) is 0. The van der Waals surface area contributed by atoms with Crippen molar-refractivity contribution in [2.45, 2.75) is 38.3 Å². The summed E-state index contributed by atoms with van der Waals surface area (Å²) < 4.78 is 38.9. The summed E-state index contributed by atoms with van der Waals surface area (Å²) in [6.07, 6.45) is 0.0804. The van der Waals surface area contributed by atoms with Gasteiger partial charge in [-0.3, -0.25) is 9.78 Å². The first-order chi connectivity index (χ1) is 9.39. The van der Waals surface area contributed by atoms with E-state index < -0.39 is 18.0 Å². The van der Waals surface area contributed by atoms with Gasteiger partial charge in [-0.05, 0) is 24.5 Å². The van der Waals surface area contributed by atoms with E-state index >= 15 is 0 Å².